The average molecular weight is 203 g/mol. The molecule has 0 aliphatic carbocycles. The fourth-order valence-electron chi connectivity index (χ4n) is 0.427. The summed E-state index contributed by atoms with van der Waals surface area (Å²) in [6.45, 7) is 7.79. The summed E-state index contributed by atoms with van der Waals surface area (Å²) < 4.78 is 4.90. The first-order chi connectivity index (χ1) is 5.85. The van der Waals surface area contributed by atoms with Crippen LogP contribution in [-0.4, -0.2) is 26.2 Å². The molecule has 0 bridgehead atoms. The zero-order chi connectivity index (χ0) is 9.23. The van der Waals surface area contributed by atoms with E-state index in [2.05, 4.69) is 18.3 Å². The lowest BCUT2D eigenvalue weighted by Gasteiger charge is -1.98. The molecule has 0 heterocycles. The lowest BCUT2D eigenvalue weighted by atomic mass is 10.6. The average Bonchev–Trinajstić information content (AvgIpc) is 2.10. The zero-order valence-corrected chi connectivity index (χ0v) is 8.79. The van der Waals surface area contributed by atoms with E-state index in [9.17, 15) is 0 Å². The molecule has 0 amide bonds. The van der Waals surface area contributed by atoms with Crippen LogP contribution in [0.4, 0.5) is 0 Å². The molecule has 0 aromatic carbocycles. The second-order valence-electron chi connectivity index (χ2n) is 1.80. The van der Waals surface area contributed by atoms with Gasteiger partial charge in [0.1, 0.15) is 5.03 Å². The summed E-state index contributed by atoms with van der Waals surface area (Å²) in [4.78, 5) is 3.82. The van der Waals surface area contributed by atoms with Crippen LogP contribution in [0.5, 0.6) is 0 Å². The Kier molecular flexibility index (Phi) is 8.76. The monoisotopic (exact) mass is 203 g/mol. The van der Waals surface area contributed by atoms with E-state index in [0.29, 0.717) is 0 Å². The first kappa shape index (κ1) is 11.8. The summed E-state index contributed by atoms with van der Waals surface area (Å²) in [7, 11) is 4.97. The molecule has 0 aromatic rings. The molecule has 0 atom stereocenters. The fourth-order valence-corrected chi connectivity index (χ4v) is 2.21. The Balaban J connectivity index is 3.51. The topological polar surface area (TPSA) is 21.6 Å². The predicted octanol–water partition coefficient (Wildman–Crippen LogP) is 2.74. The van der Waals surface area contributed by atoms with Crippen molar-refractivity contribution >= 4 is 28.3 Å². The number of hydrogen-bond acceptors (Lipinski definition) is 4. The van der Waals surface area contributed by atoms with Gasteiger partial charge in [-0.1, -0.05) is 23.4 Å². The van der Waals surface area contributed by atoms with E-state index in [1.165, 1.54) is 0 Å². The molecule has 0 aliphatic heterocycles. The van der Waals surface area contributed by atoms with Gasteiger partial charge in [0.25, 0.3) is 0 Å². The molecule has 68 valence electrons. The highest BCUT2D eigenvalue weighted by atomic mass is 33.1. The maximum atomic E-state index is 4.90. The third kappa shape index (κ3) is 6.52. The number of aliphatic imine (C=N–C) groups is 1. The van der Waals surface area contributed by atoms with Gasteiger partial charge in [0.2, 0.25) is 0 Å². The van der Waals surface area contributed by atoms with Crippen LogP contribution in [0.2, 0.25) is 0 Å². The van der Waals surface area contributed by atoms with E-state index in [1.54, 1.807) is 34.8 Å². The Morgan fingerprint density at radius 1 is 1.67 bits per heavy atom. The fraction of sp³-hybridized carbons (Fsp3) is 0.375. The van der Waals surface area contributed by atoms with Crippen molar-refractivity contribution in [2.75, 3.05) is 19.5 Å². The third-order valence-corrected chi connectivity index (χ3v) is 3.18. The Bertz CT molecular complexity index is 168. The minimum Gasteiger partial charge on any atom is -0.384 e. The highest BCUT2D eigenvalue weighted by Crippen LogP contribution is 2.30. The molecule has 4 heteroatoms. The normalized spacial score (nSPS) is 11.2. The number of nitrogens with zero attached hydrogens (tertiary/aromatic N) is 1. The molecule has 0 spiro atoms. The highest BCUT2D eigenvalue weighted by molar-refractivity contribution is 8.78. The highest BCUT2D eigenvalue weighted by Gasteiger charge is 1.93. The SMILES string of the molecule is C=C/C=C(\N=C)SSCCOC. The van der Waals surface area contributed by atoms with Crippen molar-refractivity contribution in [3.8, 4) is 0 Å². The standard InChI is InChI=1S/C8H13NOS2/c1-4-5-8(9-2)12-11-7-6-10-3/h4-5H,1-2,6-7H2,3H3/b8-5+. The van der Waals surface area contributed by atoms with Gasteiger partial charge in [0.05, 0.1) is 6.61 Å². The van der Waals surface area contributed by atoms with Crippen molar-refractivity contribution in [1.82, 2.24) is 0 Å². The molecule has 0 unspecified atom stereocenters. The number of rotatable bonds is 7. The molecular formula is C8H13NOS2. The smallest absolute Gasteiger partial charge is 0.106 e. The van der Waals surface area contributed by atoms with Crippen LogP contribution in [0.15, 0.2) is 28.8 Å². The van der Waals surface area contributed by atoms with Gasteiger partial charge in [-0.05, 0) is 23.6 Å². The Morgan fingerprint density at radius 2 is 2.42 bits per heavy atom. The van der Waals surface area contributed by atoms with Gasteiger partial charge in [-0.2, -0.15) is 0 Å². The van der Waals surface area contributed by atoms with Gasteiger partial charge in [-0.25, -0.2) is 0 Å². The van der Waals surface area contributed by atoms with Crippen LogP contribution in [0.3, 0.4) is 0 Å². The minimum absolute atomic E-state index is 0.760. The van der Waals surface area contributed by atoms with Crippen molar-refractivity contribution < 1.29 is 4.74 Å². The van der Waals surface area contributed by atoms with Crippen molar-refractivity contribution in [1.29, 1.82) is 0 Å². The van der Waals surface area contributed by atoms with E-state index in [0.717, 1.165) is 17.4 Å². The van der Waals surface area contributed by atoms with Gasteiger partial charge in [0, 0.05) is 12.9 Å². The third-order valence-electron chi connectivity index (χ3n) is 0.931. The van der Waals surface area contributed by atoms with E-state index >= 15 is 0 Å². The van der Waals surface area contributed by atoms with Crippen LogP contribution in [0.25, 0.3) is 0 Å². The van der Waals surface area contributed by atoms with E-state index in [4.69, 9.17) is 4.74 Å². The van der Waals surface area contributed by atoms with Crippen molar-refractivity contribution in [2.45, 2.75) is 0 Å². The molecule has 0 N–H and O–H groups in total. The maximum absolute atomic E-state index is 4.90. The summed E-state index contributed by atoms with van der Waals surface area (Å²) >= 11 is 0. The van der Waals surface area contributed by atoms with Gasteiger partial charge in [-0.15, -0.1) is 0 Å². The Hall–Kier alpha value is -0.190. The predicted molar refractivity (Wildman–Crippen MR) is 59.8 cm³/mol. The lowest BCUT2D eigenvalue weighted by molar-refractivity contribution is 0.219. The molecule has 2 nitrogen and oxygen atoms in total. The summed E-state index contributed by atoms with van der Waals surface area (Å²) in [6, 6.07) is 0. The molecule has 0 aliphatic rings. The molecule has 0 saturated carbocycles. The molecule has 0 radical (unpaired) electrons. The van der Waals surface area contributed by atoms with Crippen LogP contribution >= 0.6 is 21.6 Å². The van der Waals surface area contributed by atoms with Crippen molar-refractivity contribution in [2.24, 2.45) is 4.99 Å². The molecule has 0 saturated heterocycles. The van der Waals surface area contributed by atoms with Crippen molar-refractivity contribution in [3.05, 3.63) is 23.8 Å². The molecule has 0 aromatic heterocycles. The van der Waals surface area contributed by atoms with Gasteiger partial charge >= 0.3 is 0 Å². The zero-order valence-electron chi connectivity index (χ0n) is 7.16. The Labute approximate surface area is 81.6 Å². The van der Waals surface area contributed by atoms with Crippen LogP contribution in [0, 0.1) is 0 Å². The Morgan fingerprint density at radius 3 is 2.92 bits per heavy atom. The maximum Gasteiger partial charge on any atom is 0.106 e. The second-order valence-corrected chi connectivity index (χ2v) is 4.23. The van der Waals surface area contributed by atoms with E-state index in [-0.39, 0.29) is 0 Å². The largest absolute Gasteiger partial charge is 0.384 e. The first-order valence-electron chi connectivity index (χ1n) is 3.43. The molecule has 12 heavy (non-hydrogen) atoms. The second kappa shape index (κ2) is 8.90. The molecular weight excluding hydrogens is 190 g/mol. The first-order valence-corrected chi connectivity index (χ1v) is 5.75. The number of ether oxygens (including phenoxy) is 1. The summed E-state index contributed by atoms with van der Waals surface area (Å²) in [5.41, 5.74) is 0. The summed E-state index contributed by atoms with van der Waals surface area (Å²) in [6.07, 6.45) is 3.53. The van der Waals surface area contributed by atoms with Gasteiger partial charge in [0.15, 0.2) is 0 Å². The molecule has 0 rings (SSSR count). The lowest BCUT2D eigenvalue weighted by Crippen LogP contribution is -1.88. The summed E-state index contributed by atoms with van der Waals surface area (Å²) in [5, 5.41) is 0.881. The number of hydrogen-bond donors (Lipinski definition) is 0. The minimum atomic E-state index is 0.760. The quantitative estimate of drug-likeness (QED) is 0.275. The van der Waals surface area contributed by atoms with Crippen LogP contribution in [-0.2, 0) is 4.74 Å². The number of allylic oxidation sites excluding steroid dienone is 2. The van der Waals surface area contributed by atoms with Gasteiger partial charge in [-0.3, -0.25) is 4.99 Å². The van der Waals surface area contributed by atoms with Crippen LogP contribution < -0.4 is 0 Å². The number of methoxy groups -OCH3 is 1. The summed E-state index contributed by atoms with van der Waals surface area (Å²) in [5.74, 6) is 0.950. The van der Waals surface area contributed by atoms with Crippen LogP contribution in [0.1, 0.15) is 0 Å². The van der Waals surface area contributed by atoms with E-state index < -0.39 is 0 Å². The van der Waals surface area contributed by atoms with Crippen molar-refractivity contribution in [3.63, 3.8) is 0 Å². The molecule has 0 fully saturated rings. The van der Waals surface area contributed by atoms with Gasteiger partial charge < -0.3 is 4.74 Å². The van der Waals surface area contributed by atoms with E-state index in [1.807, 2.05) is 6.08 Å².